The van der Waals surface area contributed by atoms with Crippen molar-refractivity contribution in [3.05, 3.63) is 218 Å². The predicted molar refractivity (Wildman–Crippen MR) is 260 cm³/mol. The van der Waals surface area contributed by atoms with E-state index >= 15 is 0 Å². The van der Waals surface area contributed by atoms with Crippen molar-refractivity contribution in [1.82, 2.24) is 19.5 Å². The van der Waals surface area contributed by atoms with Crippen molar-refractivity contribution in [3.63, 3.8) is 0 Å². The number of para-hydroxylation sites is 2. The highest BCUT2D eigenvalue weighted by atomic mass is 32.1. The van der Waals surface area contributed by atoms with Crippen LogP contribution in [-0.4, -0.2) is 19.5 Å². The predicted octanol–water partition coefficient (Wildman–Crippen LogP) is 15.3. The fraction of sp³-hybridized carbons (Fsp3) is 0. The summed E-state index contributed by atoms with van der Waals surface area (Å²) in [5, 5.41) is 4.97. The quantitative estimate of drug-likeness (QED) is 0.161. The molecule has 62 heavy (non-hydrogen) atoms. The Balaban J connectivity index is 1.05. The third-order valence-corrected chi connectivity index (χ3v) is 13.1. The lowest BCUT2D eigenvalue weighted by molar-refractivity contribution is 1.06. The molecule has 0 spiro atoms. The van der Waals surface area contributed by atoms with E-state index < -0.39 is 0 Å². The lowest BCUT2D eigenvalue weighted by Crippen LogP contribution is -2.04. The van der Waals surface area contributed by atoms with E-state index in [1.807, 2.05) is 17.4 Å². The Bertz CT molecular complexity index is 3550. The zero-order valence-corrected chi connectivity index (χ0v) is 34.3. The second-order valence-electron chi connectivity index (χ2n) is 15.6. The first kappa shape index (κ1) is 35.9. The van der Waals surface area contributed by atoms with Crippen LogP contribution >= 0.6 is 11.3 Å². The van der Waals surface area contributed by atoms with Crippen LogP contribution in [-0.2, 0) is 0 Å². The summed E-state index contributed by atoms with van der Waals surface area (Å²) in [6, 6.07) is 77.4. The van der Waals surface area contributed by atoms with Gasteiger partial charge in [0.25, 0.3) is 0 Å². The summed E-state index contributed by atoms with van der Waals surface area (Å²) in [5.41, 5.74) is 12.9. The summed E-state index contributed by atoms with van der Waals surface area (Å²) in [5.74, 6) is 1.83. The Kier molecular flexibility index (Phi) is 8.65. The molecule has 0 amide bonds. The summed E-state index contributed by atoms with van der Waals surface area (Å²) in [7, 11) is 0. The van der Waals surface area contributed by atoms with Gasteiger partial charge in [0, 0.05) is 47.6 Å². The molecule has 290 valence electrons. The summed E-state index contributed by atoms with van der Waals surface area (Å²) in [6.07, 6.45) is 0. The molecule has 0 aliphatic carbocycles. The Morgan fingerprint density at radius 1 is 0.306 bits per heavy atom. The molecule has 0 fully saturated rings. The Hall–Kier alpha value is -7.99. The van der Waals surface area contributed by atoms with E-state index in [1.165, 1.54) is 36.5 Å². The molecule has 0 unspecified atom stereocenters. The van der Waals surface area contributed by atoms with Crippen LogP contribution in [0.5, 0.6) is 0 Å². The van der Waals surface area contributed by atoms with Gasteiger partial charge in [-0.05, 0) is 63.7 Å². The molecule has 3 aromatic heterocycles. The van der Waals surface area contributed by atoms with E-state index in [1.54, 1.807) is 0 Å². The zero-order valence-electron chi connectivity index (χ0n) is 33.5. The molecule has 0 radical (unpaired) electrons. The van der Waals surface area contributed by atoms with Gasteiger partial charge in [0.1, 0.15) is 0 Å². The van der Waals surface area contributed by atoms with E-state index in [-0.39, 0.29) is 0 Å². The number of benzene rings is 9. The van der Waals surface area contributed by atoms with Crippen molar-refractivity contribution in [2.24, 2.45) is 0 Å². The molecule has 0 aliphatic heterocycles. The Labute approximate surface area is 362 Å². The molecule has 9 aromatic carbocycles. The van der Waals surface area contributed by atoms with Gasteiger partial charge in [-0.1, -0.05) is 188 Å². The van der Waals surface area contributed by atoms with Gasteiger partial charge in [0.05, 0.1) is 16.7 Å². The van der Waals surface area contributed by atoms with Crippen molar-refractivity contribution in [3.8, 4) is 73.2 Å². The average molecular weight is 809 g/mol. The number of aromatic nitrogens is 4. The minimum atomic E-state index is 0.604. The van der Waals surface area contributed by atoms with Crippen LogP contribution in [0.4, 0.5) is 0 Å². The number of hydrogen-bond donors (Lipinski definition) is 0. The SMILES string of the molecule is c1ccc(-c2ccc(-c3nc(-c4ccc(-c5cccc6c5sc5ccccc56)cc4)nc(-c4ccc(-c5ccccc5)cc4-n4c5ccccc5c5ccccc54)n3)cc2)cc1. The van der Waals surface area contributed by atoms with Crippen LogP contribution in [0.2, 0.25) is 0 Å². The zero-order chi connectivity index (χ0) is 41.0. The van der Waals surface area contributed by atoms with Crippen LogP contribution in [0.1, 0.15) is 0 Å². The summed E-state index contributed by atoms with van der Waals surface area (Å²) in [6.45, 7) is 0. The maximum absolute atomic E-state index is 5.35. The molecule has 0 saturated carbocycles. The number of fused-ring (bicyclic) bond motifs is 6. The van der Waals surface area contributed by atoms with E-state index in [0.717, 1.165) is 61.2 Å². The van der Waals surface area contributed by atoms with Crippen LogP contribution in [0.15, 0.2) is 218 Å². The normalized spacial score (nSPS) is 11.5. The molecular weight excluding hydrogens is 773 g/mol. The molecular formula is C57H36N4S. The smallest absolute Gasteiger partial charge is 0.166 e. The molecule has 12 rings (SSSR count). The van der Waals surface area contributed by atoms with Gasteiger partial charge in [-0.3, -0.25) is 0 Å². The first-order chi connectivity index (χ1) is 30.7. The van der Waals surface area contributed by atoms with E-state index in [4.69, 9.17) is 15.0 Å². The van der Waals surface area contributed by atoms with Gasteiger partial charge in [0.15, 0.2) is 17.5 Å². The van der Waals surface area contributed by atoms with Crippen LogP contribution < -0.4 is 0 Å². The van der Waals surface area contributed by atoms with E-state index in [0.29, 0.717) is 17.5 Å². The van der Waals surface area contributed by atoms with Gasteiger partial charge >= 0.3 is 0 Å². The molecule has 12 aromatic rings. The maximum Gasteiger partial charge on any atom is 0.166 e. The largest absolute Gasteiger partial charge is 0.308 e. The van der Waals surface area contributed by atoms with Crippen LogP contribution in [0.25, 0.3) is 115 Å². The first-order valence-corrected chi connectivity index (χ1v) is 21.7. The number of thiophene rings is 1. The van der Waals surface area contributed by atoms with Crippen molar-refractivity contribution in [2.45, 2.75) is 0 Å². The lowest BCUT2D eigenvalue weighted by atomic mass is 10.0. The summed E-state index contributed by atoms with van der Waals surface area (Å²) >= 11 is 1.85. The molecule has 4 nitrogen and oxygen atoms in total. The van der Waals surface area contributed by atoms with Gasteiger partial charge in [-0.2, -0.15) is 0 Å². The van der Waals surface area contributed by atoms with Crippen molar-refractivity contribution in [2.75, 3.05) is 0 Å². The molecule has 0 atom stereocenters. The van der Waals surface area contributed by atoms with Crippen molar-refractivity contribution >= 4 is 53.3 Å². The molecule has 5 heteroatoms. The number of nitrogens with zero attached hydrogens (tertiary/aromatic N) is 4. The minimum absolute atomic E-state index is 0.604. The minimum Gasteiger partial charge on any atom is -0.308 e. The van der Waals surface area contributed by atoms with Crippen molar-refractivity contribution < 1.29 is 0 Å². The summed E-state index contributed by atoms with van der Waals surface area (Å²) in [4.78, 5) is 15.9. The van der Waals surface area contributed by atoms with E-state index in [9.17, 15) is 0 Å². The fourth-order valence-electron chi connectivity index (χ4n) is 8.87. The van der Waals surface area contributed by atoms with Gasteiger partial charge in [0.2, 0.25) is 0 Å². The third kappa shape index (κ3) is 6.18. The van der Waals surface area contributed by atoms with Gasteiger partial charge < -0.3 is 4.57 Å². The Morgan fingerprint density at radius 2 is 0.774 bits per heavy atom. The molecule has 0 saturated heterocycles. The number of rotatable bonds is 7. The second-order valence-corrected chi connectivity index (χ2v) is 16.6. The Morgan fingerprint density at radius 3 is 1.42 bits per heavy atom. The highest BCUT2D eigenvalue weighted by molar-refractivity contribution is 7.26. The standard InChI is InChI=1S/C57H36N4S/c1-3-14-37(15-4-1)39-26-30-41(31-27-39)55-58-56(42-32-28-40(29-33-42)44-21-13-22-48-47-20-9-12-25-53(47)62-54(44)48)60-57(59-55)49-35-34-43(38-16-5-2-6-17-38)36-52(49)61-50-23-10-7-18-45(50)46-19-8-11-24-51(46)61/h1-36H. The lowest BCUT2D eigenvalue weighted by Gasteiger charge is -2.16. The van der Waals surface area contributed by atoms with Crippen LogP contribution in [0, 0.1) is 0 Å². The second kappa shape index (κ2) is 14.9. The first-order valence-electron chi connectivity index (χ1n) is 20.8. The highest BCUT2D eigenvalue weighted by Gasteiger charge is 2.21. The van der Waals surface area contributed by atoms with Crippen LogP contribution in [0.3, 0.4) is 0 Å². The molecule has 3 heterocycles. The average Bonchev–Trinajstić information content (AvgIpc) is 3.90. The van der Waals surface area contributed by atoms with Gasteiger partial charge in [-0.25, -0.2) is 15.0 Å². The number of hydrogen-bond acceptors (Lipinski definition) is 4. The highest BCUT2D eigenvalue weighted by Crippen LogP contribution is 2.41. The maximum atomic E-state index is 5.35. The summed E-state index contributed by atoms with van der Waals surface area (Å²) < 4.78 is 4.96. The fourth-order valence-corrected chi connectivity index (χ4v) is 10.1. The topological polar surface area (TPSA) is 43.6 Å². The molecule has 0 bridgehead atoms. The monoisotopic (exact) mass is 808 g/mol. The van der Waals surface area contributed by atoms with Gasteiger partial charge in [-0.15, -0.1) is 11.3 Å². The molecule has 0 N–H and O–H groups in total. The third-order valence-electron chi connectivity index (χ3n) is 11.9. The van der Waals surface area contributed by atoms with E-state index in [2.05, 4.69) is 217 Å². The molecule has 0 aliphatic rings. The van der Waals surface area contributed by atoms with Crippen molar-refractivity contribution in [1.29, 1.82) is 0 Å².